The molecule has 1 aromatic rings. The van der Waals surface area contributed by atoms with E-state index in [0.717, 1.165) is 17.4 Å². The Morgan fingerprint density at radius 2 is 2.38 bits per heavy atom. The molecule has 0 radical (unpaired) electrons. The molecule has 0 aliphatic carbocycles. The van der Waals surface area contributed by atoms with Crippen LogP contribution in [0.5, 0.6) is 0 Å². The predicted octanol–water partition coefficient (Wildman–Crippen LogP) is 1.35. The summed E-state index contributed by atoms with van der Waals surface area (Å²) in [7, 11) is 0. The molecule has 6 heteroatoms. The Hall–Kier alpha value is -1.17. The topological polar surface area (TPSA) is 66.9 Å². The molecule has 0 bridgehead atoms. The van der Waals surface area contributed by atoms with Gasteiger partial charge in [-0.2, -0.15) is 4.37 Å². The zero-order chi connectivity index (χ0) is 11.5. The molecule has 88 valence electrons. The zero-order valence-electron chi connectivity index (χ0n) is 9.49. The Labute approximate surface area is 98.8 Å². The van der Waals surface area contributed by atoms with Gasteiger partial charge >= 0.3 is 0 Å². The summed E-state index contributed by atoms with van der Waals surface area (Å²) in [5, 5.41) is 7.00. The number of amides is 1. The Morgan fingerprint density at radius 1 is 1.56 bits per heavy atom. The van der Waals surface area contributed by atoms with Crippen molar-refractivity contribution in [2.45, 2.75) is 38.6 Å². The number of nitrogens with zero attached hydrogens (tertiary/aromatic N) is 2. The van der Waals surface area contributed by atoms with Crippen LogP contribution in [-0.4, -0.2) is 27.9 Å². The smallest absolute Gasteiger partial charge is 0.220 e. The highest BCUT2D eigenvalue weighted by atomic mass is 32.1. The highest BCUT2D eigenvalue weighted by molar-refractivity contribution is 7.09. The van der Waals surface area contributed by atoms with Crippen molar-refractivity contribution < 1.29 is 4.79 Å². The number of aromatic nitrogens is 2. The molecule has 0 saturated carbocycles. The van der Waals surface area contributed by atoms with Gasteiger partial charge in [0.05, 0.1) is 0 Å². The summed E-state index contributed by atoms with van der Waals surface area (Å²) < 4.78 is 4.28. The second-order valence-electron chi connectivity index (χ2n) is 4.30. The van der Waals surface area contributed by atoms with Crippen LogP contribution in [-0.2, 0) is 4.79 Å². The first-order valence-electron chi connectivity index (χ1n) is 5.52. The van der Waals surface area contributed by atoms with Gasteiger partial charge in [-0.25, -0.2) is 4.98 Å². The van der Waals surface area contributed by atoms with E-state index >= 15 is 0 Å². The van der Waals surface area contributed by atoms with Gasteiger partial charge in [0.15, 0.2) is 0 Å². The number of rotatable bonds is 3. The average Bonchev–Trinajstić information content (AvgIpc) is 2.70. The number of hydrogen-bond donors (Lipinski definition) is 2. The fourth-order valence-corrected chi connectivity index (χ4v) is 2.34. The Morgan fingerprint density at radius 3 is 2.94 bits per heavy atom. The van der Waals surface area contributed by atoms with Gasteiger partial charge < -0.3 is 10.6 Å². The van der Waals surface area contributed by atoms with Gasteiger partial charge in [-0.05, 0) is 6.42 Å². The average molecular weight is 240 g/mol. The standard InChI is InChI=1S/C10H16N4OS/c1-6(2)9-13-10(16-14-9)12-7-3-4-8(15)11-5-7/h6-7H,3-5H2,1-2H3,(H,11,15)(H,12,13,14). The largest absolute Gasteiger partial charge is 0.356 e. The van der Waals surface area contributed by atoms with Gasteiger partial charge in [-0.1, -0.05) is 13.8 Å². The van der Waals surface area contributed by atoms with Crippen molar-refractivity contribution in [2.75, 3.05) is 11.9 Å². The second-order valence-corrected chi connectivity index (χ2v) is 5.05. The number of hydrogen-bond acceptors (Lipinski definition) is 5. The van der Waals surface area contributed by atoms with Crippen molar-refractivity contribution >= 4 is 22.6 Å². The molecule has 0 aromatic carbocycles. The molecule has 1 fully saturated rings. The van der Waals surface area contributed by atoms with Gasteiger partial charge in [0.25, 0.3) is 0 Å². The number of anilines is 1. The Kier molecular flexibility index (Phi) is 3.38. The molecular weight excluding hydrogens is 224 g/mol. The number of carbonyl (C=O) groups is 1. The lowest BCUT2D eigenvalue weighted by Crippen LogP contribution is -2.41. The maximum atomic E-state index is 11.0. The van der Waals surface area contributed by atoms with Crippen molar-refractivity contribution in [3.63, 3.8) is 0 Å². The maximum absolute atomic E-state index is 11.0. The second kappa shape index (κ2) is 4.78. The molecule has 1 aromatic heterocycles. The van der Waals surface area contributed by atoms with Crippen LogP contribution in [0, 0.1) is 0 Å². The first-order chi connectivity index (χ1) is 7.65. The van der Waals surface area contributed by atoms with Gasteiger partial charge in [0.2, 0.25) is 11.0 Å². The fourth-order valence-electron chi connectivity index (χ4n) is 1.56. The molecule has 1 amide bonds. The lowest BCUT2D eigenvalue weighted by atomic mass is 10.1. The van der Waals surface area contributed by atoms with Crippen molar-refractivity contribution in [3.8, 4) is 0 Å². The van der Waals surface area contributed by atoms with Gasteiger partial charge in [-0.3, -0.25) is 4.79 Å². The maximum Gasteiger partial charge on any atom is 0.220 e. The van der Waals surface area contributed by atoms with E-state index in [1.165, 1.54) is 11.5 Å². The summed E-state index contributed by atoms with van der Waals surface area (Å²) in [4.78, 5) is 15.4. The van der Waals surface area contributed by atoms with Crippen LogP contribution >= 0.6 is 11.5 Å². The monoisotopic (exact) mass is 240 g/mol. The highest BCUT2D eigenvalue weighted by Gasteiger charge is 2.19. The molecule has 0 spiro atoms. The lowest BCUT2D eigenvalue weighted by molar-refractivity contribution is -0.122. The molecule has 1 atom stereocenters. The van der Waals surface area contributed by atoms with Gasteiger partial charge in [0.1, 0.15) is 5.82 Å². The summed E-state index contributed by atoms with van der Waals surface area (Å²) in [6, 6.07) is 0.283. The van der Waals surface area contributed by atoms with Crippen LogP contribution in [0.2, 0.25) is 0 Å². The summed E-state index contributed by atoms with van der Waals surface area (Å²) in [5.74, 6) is 1.38. The fraction of sp³-hybridized carbons (Fsp3) is 0.700. The van der Waals surface area contributed by atoms with Crippen LogP contribution < -0.4 is 10.6 Å². The number of carbonyl (C=O) groups excluding carboxylic acids is 1. The summed E-state index contributed by atoms with van der Waals surface area (Å²) in [5.41, 5.74) is 0. The van der Waals surface area contributed by atoms with Gasteiger partial charge in [0, 0.05) is 36.5 Å². The summed E-state index contributed by atoms with van der Waals surface area (Å²) in [6.45, 7) is 4.83. The van der Waals surface area contributed by atoms with Gasteiger partial charge in [-0.15, -0.1) is 0 Å². The van der Waals surface area contributed by atoms with Crippen LogP contribution in [0.25, 0.3) is 0 Å². The minimum absolute atomic E-state index is 0.137. The molecule has 1 aliphatic heterocycles. The molecule has 16 heavy (non-hydrogen) atoms. The molecule has 2 rings (SSSR count). The van der Waals surface area contributed by atoms with E-state index in [4.69, 9.17) is 0 Å². The van der Waals surface area contributed by atoms with E-state index in [0.29, 0.717) is 18.9 Å². The van der Waals surface area contributed by atoms with Crippen LogP contribution in [0.3, 0.4) is 0 Å². The van der Waals surface area contributed by atoms with E-state index in [1.807, 2.05) is 0 Å². The van der Waals surface area contributed by atoms with E-state index in [-0.39, 0.29) is 11.9 Å². The third kappa shape index (κ3) is 2.69. The zero-order valence-corrected chi connectivity index (χ0v) is 10.3. The van der Waals surface area contributed by atoms with Crippen molar-refractivity contribution in [2.24, 2.45) is 0 Å². The Bertz CT molecular complexity index is 367. The molecular formula is C10H16N4OS. The minimum Gasteiger partial charge on any atom is -0.356 e. The summed E-state index contributed by atoms with van der Waals surface area (Å²) >= 11 is 1.39. The summed E-state index contributed by atoms with van der Waals surface area (Å²) in [6.07, 6.45) is 1.45. The molecule has 1 saturated heterocycles. The van der Waals surface area contributed by atoms with Crippen molar-refractivity contribution in [1.82, 2.24) is 14.7 Å². The number of piperidine rings is 1. The third-order valence-electron chi connectivity index (χ3n) is 2.55. The molecule has 1 aliphatic rings. The lowest BCUT2D eigenvalue weighted by Gasteiger charge is -2.22. The van der Waals surface area contributed by atoms with E-state index < -0.39 is 0 Å². The molecule has 1 unspecified atom stereocenters. The van der Waals surface area contributed by atoms with E-state index in [9.17, 15) is 4.79 Å². The Balaban J connectivity index is 1.91. The molecule has 5 nitrogen and oxygen atoms in total. The first-order valence-corrected chi connectivity index (χ1v) is 6.29. The predicted molar refractivity (Wildman–Crippen MR) is 63.7 cm³/mol. The third-order valence-corrected chi connectivity index (χ3v) is 3.21. The minimum atomic E-state index is 0.137. The number of nitrogens with one attached hydrogen (secondary N) is 2. The van der Waals surface area contributed by atoms with Crippen LogP contribution in [0.15, 0.2) is 0 Å². The van der Waals surface area contributed by atoms with Crippen molar-refractivity contribution in [1.29, 1.82) is 0 Å². The molecule has 2 N–H and O–H groups in total. The van der Waals surface area contributed by atoms with Crippen LogP contribution in [0.1, 0.15) is 38.4 Å². The SMILES string of the molecule is CC(C)c1nsc(NC2CCC(=O)NC2)n1. The molecule has 2 heterocycles. The van der Waals surface area contributed by atoms with Crippen LogP contribution in [0.4, 0.5) is 5.13 Å². The van der Waals surface area contributed by atoms with E-state index in [1.54, 1.807) is 0 Å². The first kappa shape index (κ1) is 11.3. The van der Waals surface area contributed by atoms with E-state index in [2.05, 4.69) is 33.8 Å². The normalized spacial score (nSPS) is 20.9. The highest BCUT2D eigenvalue weighted by Crippen LogP contribution is 2.19. The van der Waals surface area contributed by atoms with Crippen molar-refractivity contribution in [3.05, 3.63) is 5.82 Å². The quantitative estimate of drug-likeness (QED) is 0.837.